The van der Waals surface area contributed by atoms with Gasteiger partial charge >= 0.3 is 6.09 Å². The number of aryl methyl sites for hydroxylation is 1. The molecule has 1 rings (SSSR count). The van der Waals surface area contributed by atoms with Gasteiger partial charge in [0, 0.05) is 5.56 Å². The molecule has 1 amide bonds. The van der Waals surface area contributed by atoms with Crippen molar-refractivity contribution in [1.29, 1.82) is 0 Å². The van der Waals surface area contributed by atoms with E-state index in [0.29, 0.717) is 5.02 Å². The van der Waals surface area contributed by atoms with Crippen LogP contribution in [0.1, 0.15) is 31.9 Å². The predicted molar refractivity (Wildman–Crippen MR) is 77.3 cm³/mol. The highest BCUT2D eigenvalue weighted by molar-refractivity contribution is 6.32. The largest absolute Gasteiger partial charge is 0.444 e. The Balaban J connectivity index is 2.53. The molecule has 19 heavy (non-hydrogen) atoms. The lowest BCUT2D eigenvalue weighted by Crippen LogP contribution is -2.32. The number of ether oxygens (including phenoxy) is 1. The molecule has 0 spiro atoms. The molecule has 0 saturated heterocycles. The number of alkyl carbamates (subject to hydrolysis) is 1. The first kappa shape index (κ1) is 15.4. The molecule has 1 N–H and O–H groups in total. The Kier molecular flexibility index (Phi) is 5.26. The van der Waals surface area contributed by atoms with E-state index in [9.17, 15) is 4.79 Å². The second-order valence-electron chi connectivity index (χ2n) is 5.09. The van der Waals surface area contributed by atoms with E-state index in [1.807, 2.05) is 45.9 Å². The molecule has 0 aliphatic heterocycles. The maximum absolute atomic E-state index is 11.4. The summed E-state index contributed by atoms with van der Waals surface area (Å²) in [4.78, 5) is 11.4. The van der Waals surface area contributed by atoms with Crippen LogP contribution in [0.3, 0.4) is 0 Å². The van der Waals surface area contributed by atoms with E-state index in [4.69, 9.17) is 16.3 Å². The second kappa shape index (κ2) is 6.49. The fourth-order valence-corrected chi connectivity index (χ4v) is 1.49. The molecule has 3 nitrogen and oxygen atoms in total. The van der Waals surface area contributed by atoms with Crippen LogP contribution in [0.2, 0.25) is 5.02 Å². The Labute approximate surface area is 119 Å². The Morgan fingerprint density at radius 1 is 1.42 bits per heavy atom. The molecule has 0 radical (unpaired) electrons. The number of carbonyl (C=O) groups excluding carboxylic acids is 1. The van der Waals surface area contributed by atoms with E-state index in [0.717, 1.165) is 11.1 Å². The zero-order valence-corrected chi connectivity index (χ0v) is 12.4. The maximum Gasteiger partial charge on any atom is 0.408 e. The lowest BCUT2D eigenvalue weighted by molar-refractivity contribution is 0.0535. The Bertz CT molecular complexity index is 521. The molecule has 1 aromatic carbocycles. The van der Waals surface area contributed by atoms with E-state index in [1.54, 1.807) is 0 Å². The molecule has 0 aliphatic carbocycles. The van der Waals surface area contributed by atoms with Crippen LogP contribution in [-0.2, 0) is 4.74 Å². The van der Waals surface area contributed by atoms with Crippen molar-refractivity contribution in [2.75, 3.05) is 6.54 Å². The molecule has 0 saturated carbocycles. The minimum Gasteiger partial charge on any atom is -0.444 e. The summed E-state index contributed by atoms with van der Waals surface area (Å²) >= 11 is 6.11. The van der Waals surface area contributed by atoms with Crippen molar-refractivity contribution in [3.05, 3.63) is 34.3 Å². The summed E-state index contributed by atoms with van der Waals surface area (Å²) in [6, 6.07) is 5.66. The Morgan fingerprint density at radius 3 is 2.74 bits per heavy atom. The minimum atomic E-state index is -0.503. The zero-order valence-electron chi connectivity index (χ0n) is 11.6. The Hall–Kier alpha value is -1.66. The standard InChI is InChI=1S/C15H18ClNO2/c1-11-7-5-8-12(13(11)16)9-6-10-17-14(18)19-15(2,3)4/h5,7-8H,10H2,1-4H3,(H,17,18). The monoisotopic (exact) mass is 279 g/mol. The van der Waals surface area contributed by atoms with Gasteiger partial charge in [-0.2, -0.15) is 0 Å². The van der Waals surface area contributed by atoms with Crippen LogP contribution in [0.25, 0.3) is 0 Å². The topological polar surface area (TPSA) is 38.3 Å². The van der Waals surface area contributed by atoms with Crippen LogP contribution in [0.15, 0.2) is 18.2 Å². The van der Waals surface area contributed by atoms with Crippen molar-refractivity contribution < 1.29 is 9.53 Å². The van der Waals surface area contributed by atoms with Crippen LogP contribution in [0, 0.1) is 18.8 Å². The third kappa shape index (κ3) is 5.67. The summed E-state index contributed by atoms with van der Waals surface area (Å²) in [5, 5.41) is 3.21. The van der Waals surface area contributed by atoms with Crippen LogP contribution in [-0.4, -0.2) is 18.2 Å². The van der Waals surface area contributed by atoms with E-state index >= 15 is 0 Å². The lowest BCUT2D eigenvalue weighted by Gasteiger charge is -2.19. The number of halogens is 1. The van der Waals surface area contributed by atoms with Crippen LogP contribution in [0.5, 0.6) is 0 Å². The molecule has 0 atom stereocenters. The van der Waals surface area contributed by atoms with Gasteiger partial charge in [0.15, 0.2) is 0 Å². The van der Waals surface area contributed by atoms with Gasteiger partial charge in [0.1, 0.15) is 5.60 Å². The first-order chi connectivity index (χ1) is 8.79. The van der Waals surface area contributed by atoms with Crippen LogP contribution >= 0.6 is 11.6 Å². The molecule has 0 heterocycles. The average molecular weight is 280 g/mol. The fourth-order valence-electron chi connectivity index (χ4n) is 1.31. The van der Waals surface area contributed by atoms with Crippen LogP contribution in [0.4, 0.5) is 4.79 Å². The number of carbonyl (C=O) groups is 1. The third-order valence-corrected chi connectivity index (χ3v) is 2.64. The van der Waals surface area contributed by atoms with E-state index in [-0.39, 0.29) is 6.54 Å². The number of amides is 1. The lowest BCUT2D eigenvalue weighted by atomic mass is 10.1. The molecule has 102 valence electrons. The highest BCUT2D eigenvalue weighted by Gasteiger charge is 2.14. The summed E-state index contributed by atoms with van der Waals surface area (Å²) in [5.41, 5.74) is 1.23. The van der Waals surface area contributed by atoms with Crippen molar-refractivity contribution in [3.8, 4) is 11.8 Å². The Morgan fingerprint density at radius 2 is 2.11 bits per heavy atom. The maximum atomic E-state index is 11.4. The predicted octanol–water partition coefficient (Wildman–Crippen LogP) is 3.52. The highest BCUT2D eigenvalue weighted by Crippen LogP contribution is 2.18. The first-order valence-electron chi connectivity index (χ1n) is 6.00. The zero-order chi connectivity index (χ0) is 14.5. The van der Waals surface area contributed by atoms with E-state index < -0.39 is 11.7 Å². The summed E-state index contributed by atoms with van der Waals surface area (Å²) in [6.07, 6.45) is -0.475. The van der Waals surface area contributed by atoms with Gasteiger partial charge < -0.3 is 10.1 Å². The van der Waals surface area contributed by atoms with Crippen LogP contribution < -0.4 is 5.32 Å². The van der Waals surface area contributed by atoms with Crippen molar-refractivity contribution >= 4 is 17.7 Å². The molecule has 0 aromatic heterocycles. The molecule has 0 bridgehead atoms. The number of benzene rings is 1. The van der Waals surface area contributed by atoms with Gasteiger partial charge in [-0.25, -0.2) is 4.79 Å². The van der Waals surface area contributed by atoms with Gasteiger partial charge in [0.25, 0.3) is 0 Å². The normalized spacial score (nSPS) is 10.4. The molecule has 1 aromatic rings. The number of hydrogen-bond acceptors (Lipinski definition) is 2. The fraction of sp³-hybridized carbons (Fsp3) is 0.400. The highest BCUT2D eigenvalue weighted by atomic mass is 35.5. The summed E-state index contributed by atoms with van der Waals surface area (Å²) in [7, 11) is 0. The number of hydrogen-bond donors (Lipinski definition) is 1. The molecule has 0 aliphatic rings. The molecule has 4 heteroatoms. The van der Waals surface area contributed by atoms with Gasteiger partial charge in [-0.05, 0) is 39.3 Å². The molecular formula is C15H18ClNO2. The molecular weight excluding hydrogens is 262 g/mol. The second-order valence-corrected chi connectivity index (χ2v) is 5.47. The number of nitrogens with one attached hydrogen (secondary N) is 1. The van der Waals surface area contributed by atoms with Crippen molar-refractivity contribution in [3.63, 3.8) is 0 Å². The first-order valence-corrected chi connectivity index (χ1v) is 6.38. The third-order valence-electron chi connectivity index (χ3n) is 2.13. The van der Waals surface area contributed by atoms with Gasteiger partial charge in [0.2, 0.25) is 0 Å². The number of rotatable bonds is 1. The SMILES string of the molecule is Cc1cccc(C#CCNC(=O)OC(C)(C)C)c1Cl. The van der Waals surface area contributed by atoms with Gasteiger partial charge in [0.05, 0.1) is 11.6 Å². The van der Waals surface area contributed by atoms with Crippen molar-refractivity contribution in [1.82, 2.24) is 5.32 Å². The van der Waals surface area contributed by atoms with Crippen molar-refractivity contribution in [2.45, 2.75) is 33.3 Å². The van der Waals surface area contributed by atoms with E-state index in [1.165, 1.54) is 0 Å². The molecule has 0 unspecified atom stereocenters. The van der Waals surface area contributed by atoms with Crippen molar-refractivity contribution in [2.24, 2.45) is 0 Å². The van der Waals surface area contributed by atoms with Gasteiger partial charge in [-0.3, -0.25) is 0 Å². The summed E-state index contributed by atoms with van der Waals surface area (Å²) in [6.45, 7) is 7.58. The van der Waals surface area contributed by atoms with Gasteiger partial charge in [-0.1, -0.05) is 35.6 Å². The van der Waals surface area contributed by atoms with Gasteiger partial charge in [-0.15, -0.1) is 0 Å². The summed E-state index contributed by atoms with van der Waals surface area (Å²) < 4.78 is 5.09. The summed E-state index contributed by atoms with van der Waals surface area (Å²) in [5.74, 6) is 5.76. The van der Waals surface area contributed by atoms with E-state index in [2.05, 4.69) is 17.2 Å². The quantitative estimate of drug-likeness (QED) is 0.799. The molecule has 0 fully saturated rings. The minimum absolute atomic E-state index is 0.221. The smallest absolute Gasteiger partial charge is 0.408 e. The average Bonchev–Trinajstić information content (AvgIpc) is 2.27.